The predicted octanol–water partition coefficient (Wildman–Crippen LogP) is 4.41. The molecule has 0 unspecified atom stereocenters. The Labute approximate surface area is 165 Å². The lowest BCUT2D eigenvalue weighted by atomic mass is 10.2. The lowest BCUT2D eigenvalue weighted by molar-refractivity contribution is 0.327. The zero-order valence-electron chi connectivity index (χ0n) is 14.8. The maximum Gasteiger partial charge on any atom is 0.204 e. The van der Waals surface area contributed by atoms with Gasteiger partial charge in [0.2, 0.25) is 5.75 Å². The molecule has 0 radical (unpaired) electrons. The van der Waals surface area contributed by atoms with Crippen LogP contribution in [0.25, 0.3) is 10.9 Å². The third-order valence-electron chi connectivity index (χ3n) is 3.79. The van der Waals surface area contributed by atoms with Crippen molar-refractivity contribution >= 4 is 46.1 Å². The number of rotatable bonds is 6. The van der Waals surface area contributed by atoms with E-state index in [-0.39, 0.29) is 0 Å². The summed E-state index contributed by atoms with van der Waals surface area (Å²) in [6.45, 7) is 0. The molecule has 0 saturated heterocycles. The van der Waals surface area contributed by atoms with Gasteiger partial charge in [0.1, 0.15) is 6.33 Å². The van der Waals surface area contributed by atoms with Crippen LogP contribution < -0.4 is 19.6 Å². The Balaban J connectivity index is 2.06. The van der Waals surface area contributed by atoms with Gasteiger partial charge in [0.15, 0.2) is 17.3 Å². The summed E-state index contributed by atoms with van der Waals surface area (Å²) in [4.78, 5) is 8.51. The molecule has 0 aliphatic rings. The molecule has 0 aliphatic carbocycles. The third kappa shape index (κ3) is 3.70. The standard InChI is InChI=1S/C18H16Cl2N4O3/c1-25-14-7-13-15(17(27-3)16(14)26-2)18(22-9-21-13)24-23-8-10-11(19)5-4-6-12(10)20/h4-9H,1-3H3,(H,21,22,24)/b23-8-. The molecule has 7 nitrogen and oxygen atoms in total. The highest BCUT2D eigenvalue weighted by molar-refractivity contribution is 6.38. The number of anilines is 1. The predicted molar refractivity (Wildman–Crippen MR) is 107 cm³/mol. The zero-order valence-corrected chi connectivity index (χ0v) is 16.3. The molecule has 3 aromatic rings. The second-order valence-electron chi connectivity index (χ2n) is 5.27. The van der Waals surface area contributed by atoms with E-state index in [1.807, 2.05) is 0 Å². The van der Waals surface area contributed by atoms with Gasteiger partial charge >= 0.3 is 0 Å². The van der Waals surface area contributed by atoms with Crippen molar-refractivity contribution in [2.45, 2.75) is 0 Å². The molecule has 0 spiro atoms. The second-order valence-corrected chi connectivity index (χ2v) is 6.08. The fraction of sp³-hybridized carbons (Fsp3) is 0.167. The summed E-state index contributed by atoms with van der Waals surface area (Å²) in [5.74, 6) is 1.79. The number of fused-ring (bicyclic) bond motifs is 1. The molecule has 1 N–H and O–H groups in total. The molecule has 1 heterocycles. The molecule has 0 saturated carbocycles. The SMILES string of the molecule is COc1cc2ncnc(N/N=C\c3c(Cl)cccc3Cl)c2c(OC)c1OC. The molecular weight excluding hydrogens is 391 g/mol. The monoisotopic (exact) mass is 406 g/mol. The Morgan fingerprint density at radius 2 is 1.70 bits per heavy atom. The smallest absolute Gasteiger partial charge is 0.204 e. The van der Waals surface area contributed by atoms with Crippen LogP contribution in [0.15, 0.2) is 35.7 Å². The van der Waals surface area contributed by atoms with E-state index in [1.165, 1.54) is 26.8 Å². The highest BCUT2D eigenvalue weighted by Crippen LogP contribution is 2.44. The van der Waals surface area contributed by atoms with Gasteiger partial charge in [-0.05, 0) is 12.1 Å². The van der Waals surface area contributed by atoms with Crippen LogP contribution in [0.3, 0.4) is 0 Å². The first-order valence-corrected chi connectivity index (χ1v) is 8.53. The minimum Gasteiger partial charge on any atom is -0.493 e. The molecule has 3 rings (SSSR count). The van der Waals surface area contributed by atoms with E-state index < -0.39 is 0 Å². The number of nitrogens with one attached hydrogen (secondary N) is 1. The number of nitrogens with zero attached hydrogens (tertiary/aromatic N) is 3. The molecule has 27 heavy (non-hydrogen) atoms. The average Bonchev–Trinajstić information content (AvgIpc) is 2.68. The van der Waals surface area contributed by atoms with Crippen LogP contribution in [0, 0.1) is 0 Å². The van der Waals surface area contributed by atoms with Crippen molar-refractivity contribution in [1.29, 1.82) is 0 Å². The van der Waals surface area contributed by atoms with Crippen LogP contribution in [-0.2, 0) is 0 Å². The maximum absolute atomic E-state index is 6.15. The molecule has 0 bridgehead atoms. The van der Waals surface area contributed by atoms with Crippen molar-refractivity contribution in [2.24, 2.45) is 5.10 Å². The number of methoxy groups -OCH3 is 3. The zero-order chi connectivity index (χ0) is 19.4. The number of aromatic nitrogens is 2. The van der Waals surface area contributed by atoms with Crippen LogP contribution in [0.1, 0.15) is 5.56 Å². The number of hydrogen-bond donors (Lipinski definition) is 1. The van der Waals surface area contributed by atoms with Crippen LogP contribution in [0.5, 0.6) is 17.2 Å². The minimum absolute atomic E-state index is 0.428. The van der Waals surface area contributed by atoms with Crippen molar-refractivity contribution in [3.63, 3.8) is 0 Å². The van der Waals surface area contributed by atoms with Gasteiger partial charge < -0.3 is 14.2 Å². The van der Waals surface area contributed by atoms with Crippen molar-refractivity contribution < 1.29 is 14.2 Å². The molecule has 0 aliphatic heterocycles. The van der Waals surface area contributed by atoms with Gasteiger partial charge in [0.25, 0.3) is 0 Å². The van der Waals surface area contributed by atoms with E-state index in [2.05, 4.69) is 20.5 Å². The van der Waals surface area contributed by atoms with E-state index in [4.69, 9.17) is 37.4 Å². The molecule has 9 heteroatoms. The number of hydrogen-bond acceptors (Lipinski definition) is 7. The fourth-order valence-electron chi connectivity index (χ4n) is 2.56. The third-order valence-corrected chi connectivity index (χ3v) is 4.45. The Kier molecular flexibility index (Phi) is 5.83. The average molecular weight is 407 g/mol. The number of halogens is 2. The van der Waals surface area contributed by atoms with Gasteiger partial charge in [-0.3, -0.25) is 5.43 Å². The van der Waals surface area contributed by atoms with Crippen molar-refractivity contribution in [3.8, 4) is 17.2 Å². The Hall–Kier alpha value is -2.77. The molecule has 0 amide bonds. The number of benzene rings is 2. The van der Waals surface area contributed by atoms with Crippen molar-refractivity contribution in [3.05, 3.63) is 46.2 Å². The van der Waals surface area contributed by atoms with Gasteiger partial charge in [-0.15, -0.1) is 0 Å². The lowest BCUT2D eigenvalue weighted by Gasteiger charge is -2.15. The summed E-state index contributed by atoms with van der Waals surface area (Å²) >= 11 is 12.3. The molecule has 0 fully saturated rings. The van der Waals surface area contributed by atoms with E-state index in [9.17, 15) is 0 Å². The van der Waals surface area contributed by atoms with Crippen LogP contribution in [0.2, 0.25) is 10.0 Å². The summed E-state index contributed by atoms with van der Waals surface area (Å²) in [6.07, 6.45) is 2.93. The molecule has 1 aromatic heterocycles. The summed E-state index contributed by atoms with van der Waals surface area (Å²) in [5, 5.41) is 5.77. The first kappa shape index (κ1) is 19.0. The number of ether oxygens (including phenoxy) is 3. The van der Waals surface area contributed by atoms with E-state index in [1.54, 1.807) is 31.4 Å². The van der Waals surface area contributed by atoms with Crippen LogP contribution in [0.4, 0.5) is 5.82 Å². The Morgan fingerprint density at radius 1 is 1.00 bits per heavy atom. The first-order chi connectivity index (χ1) is 13.1. The summed E-state index contributed by atoms with van der Waals surface area (Å²) in [5.41, 5.74) is 4.08. The van der Waals surface area contributed by atoms with Gasteiger partial charge in [-0.25, -0.2) is 9.97 Å². The van der Waals surface area contributed by atoms with Gasteiger partial charge in [0, 0.05) is 11.6 Å². The van der Waals surface area contributed by atoms with E-state index in [0.29, 0.717) is 49.6 Å². The molecule has 2 aromatic carbocycles. The van der Waals surface area contributed by atoms with Crippen molar-refractivity contribution in [1.82, 2.24) is 9.97 Å². The topological polar surface area (TPSA) is 77.9 Å². The minimum atomic E-state index is 0.428. The second kappa shape index (κ2) is 8.28. The van der Waals surface area contributed by atoms with Gasteiger partial charge in [-0.1, -0.05) is 29.3 Å². The summed E-state index contributed by atoms with van der Waals surface area (Å²) < 4.78 is 16.3. The quantitative estimate of drug-likeness (QED) is 0.482. The Bertz CT molecular complexity index is 991. The lowest BCUT2D eigenvalue weighted by Crippen LogP contribution is -2.01. The number of hydrazone groups is 1. The highest BCUT2D eigenvalue weighted by atomic mass is 35.5. The normalized spacial score (nSPS) is 11.0. The van der Waals surface area contributed by atoms with Crippen molar-refractivity contribution in [2.75, 3.05) is 26.8 Å². The van der Waals surface area contributed by atoms with E-state index >= 15 is 0 Å². The van der Waals surface area contributed by atoms with Gasteiger partial charge in [0.05, 0.1) is 48.5 Å². The fourth-order valence-corrected chi connectivity index (χ4v) is 3.06. The summed E-state index contributed by atoms with van der Waals surface area (Å²) in [7, 11) is 4.60. The van der Waals surface area contributed by atoms with Gasteiger partial charge in [-0.2, -0.15) is 5.10 Å². The largest absolute Gasteiger partial charge is 0.493 e. The summed E-state index contributed by atoms with van der Waals surface area (Å²) in [6, 6.07) is 6.96. The first-order valence-electron chi connectivity index (χ1n) is 7.77. The maximum atomic E-state index is 6.15. The molecule has 140 valence electrons. The van der Waals surface area contributed by atoms with Crippen LogP contribution in [-0.4, -0.2) is 37.5 Å². The van der Waals surface area contributed by atoms with Crippen LogP contribution >= 0.6 is 23.2 Å². The Morgan fingerprint density at radius 3 is 2.33 bits per heavy atom. The molecular formula is C18H16Cl2N4O3. The molecule has 0 atom stereocenters. The highest BCUT2D eigenvalue weighted by Gasteiger charge is 2.19. The van der Waals surface area contributed by atoms with E-state index in [0.717, 1.165) is 0 Å².